The van der Waals surface area contributed by atoms with Crippen LogP contribution in [0.5, 0.6) is 5.75 Å². The molecule has 2 rings (SSSR count). The molecule has 1 N–H and O–H groups in total. The van der Waals surface area contributed by atoms with Crippen molar-refractivity contribution < 1.29 is 18.3 Å². The second-order valence-electron chi connectivity index (χ2n) is 5.13. The molecule has 1 aromatic carbocycles. The maximum atomic E-state index is 12.5. The SMILES string of the molecule is CCCCOc1ccc(NC(=O)c2sccc2SC(F)F)c(C)c1. The first-order chi connectivity index (χ1) is 11.5. The molecule has 7 heteroatoms. The Balaban J connectivity index is 2.05. The first-order valence-electron chi connectivity index (χ1n) is 7.58. The number of unbranched alkanes of at least 4 members (excludes halogenated alkanes) is 1. The summed E-state index contributed by atoms with van der Waals surface area (Å²) in [6.07, 6.45) is 2.05. The van der Waals surface area contributed by atoms with Crippen LogP contribution in [-0.2, 0) is 0 Å². The van der Waals surface area contributed by atoms with E-state index < -0.39 is 5.76 Å². The van der Waals surface area contributed by atoms with Gasteiger partial charge < -0.3 is 10.1 Å². The molecule has 0 spiro atoms. The minimum atomic E-state index is -2.55. The first-order valence-corrected chi connectivity index (χ1v) is 9.34. The Morgan fingerprint density at radius 2 is 2.17 bits per heavy atom. The van der Waals surface area contributed by atoms with Gasteiger partial charge in [-0.05, 0) is 48.6 Å². The lowest BCUT2D eigenvalue weighted by atomic mass is 10.2. The summed E-state index contributed by atoms with van der Waals surface area (Å²) in [6, 6.07) is 6.95. The molecule has 1 heterocycles. The monoisotopic (exact) mass is 371 g/mol. The van der Waals surface area contributed by atoms with Gasteiger partial charge in [-0.1, -0.05) is 25.1 Å². The van der Waals surface area contributed by atoms with Crippen LogP contribution in [0.1, 0.15) is 35.0 Å². The maximum absolute atomic E-state index is 12.5. The third-order valence-corrected chi connectivity index (χ3v) is 5.08. The van der Waals surface area contributed by atoms with Gasteiger partial charge in [0.15, 0.2) is 0 Å². The Morgan fingerprint density at radius 3 is 2.83 bits per heavy atom. The number of carbonyl (C=O) groups is 1. The van der Waals surface area contributed by atoms with Gasteiger partial charge in [0, 0.05) is 10.6 Å². The molecule has 3 nitrogen and oxygen atoms in total. The number of nitrogens with one attached hydrogen (secondary N) is 1. The van der Waals surface area contributed by atoms with Crippen molar-refractivity contribution in [3.8, 4) is 5.75 Å². The lowest BCUT2D eigenvalue weighted by molar-refractivity contribution is 0.102. The molecule has 1 aromatic heterocycles. The zero-order valence-electron chi connectivity index (χ0n) is 13.5. The third kappa shape index (κ3) is 5.21. The van der Waals surface area contributed by atoms with Gasteiger partial charge in [0.05, 0.1) is 6.61 Å². The molecule has 1 amide bonds. The fourth-order valence-electron chi connectivity index (χ4n) is 2.03. The average Bonchev–Trinajstić information content (AvgIpc) is 2.97. The van der Waals surface area contributed by atoms with E-state index in [1.54, 1.807) is 17.5 Å². The van der Waals surface area contributed by atoms with E-state index in [9.17, 15) is 13.6 Å². The summed E-state index contributed by atoms with van der Waals surface area (Å²) in [7, 11) is 0. The number of hydrogen-bond acceptors (Lipinski definition) is 4. The molecule has 0 saturated heterocycles. The van der Waals surface area contributed by atoms with Crippen molar-refractivity contribution >= 4 is 34.7 Å². The Hall–Kier alpha value is -1.60. The molecular formula is C17H19F2NO2S2. The van der Waals surface area contributed by atoms with E-state index in [0.717, 1.165) is 35.5 Å². The maximum Gasteiger partial charge on any atom is 0.288 e. The summed E-state index contributed by atoms with van der Waals surface area (Å²) in [5.74, 6) is -2.17. The van der Waals surface area contributed by atoms with Crippen molar-refractivity contribution in [3.05, 3.63) is 40.1 Å². The number of ether oxygens (including phenoxy) is 1. The van der Waals surface area contributed by atoms with Gasteiger partial charge in [0.2, 0.25) is 0 Å². The number of halogens is 2. The van der Waals surface area contributed by atoms with Gasteiger partial charge in [-0.15, -0.1) is 11.3 Å². The summed E-state index contributed by atoms with van der Waals surface area (Å²) in [6.45, 7) is 4.62. The van der Waals surface area contributed by atoms with Gasteiger partial charge in [-0.25, -0.2) is 0 Å². The van der Waals surface area contributed by atoms with Crippen LogP contribution in [0, 0.1) is 6.92 Å². The highest BCUT2D eigenvalue weighted by molar-refractivity contribution is 7.99. The van der Waals surface area contributed by atoms with Crippen LogP contribution >= 0.6 is 23.1 Å². The largest absolute Gasteiger partial charge is 0.494 e. The molecule has 0 fully saturated rings. The number of thiophene rings is 1. The van der Waals surface area contributed by atoms with E-state index in [-0.39, 0.29) is 5.91 Å². The molecular weight excluding hydrogens is 352 g/mol. The number of rotatable bonds is 8. The van der Waals surface area contributed by atoms with Crippen LogP contribution in [0.2, 0.25) is 0 Å². The van der Waals surface area contributed by atoms with Crippen molar-refractivity contribution in [1.29, 1.82) is 0 Å². The summed E-state index contributed by atoms with van der Waals surface area (Å²) in [5, 5.41) is 4.41. The van der Waals surface area contributed by atoms with E-state index >= 15 is 0 Å². The fourth-order valence-corrected chi connectivity index (χ4v) is 3.63. The molecule has 0 saturated carbocycles. The normalized spacial score (nSPS) is 10.9. The van der Waals surface area contributed by atoms with E-state index in [1.807, 2.05) is 13.0 Å². The standard InChI is InChI=1S/C17H19F2NO2S2/c1-3-4-8-22-12-5-6-13(11(2)10-12)20-16(21)15-14(7-9-23-15)24-17(18)19/h5-7,9-10,17H,3-4,8H2,1-2H3,(H,20,21). The Kier molecular flexibility index (Phi) is 7.05. The summed E-state index contributed by atoms with van der Waals surface area (Å²) in [5.41, 5.74) is 1.50. The zero-order valence-corrected chi connectivity index (χ0v) is 15.1. The predicted molar refractivity (Wildman–Crippen MR) is 95.7 cm³/mol. The highest BCUT2D eigenvalue weighted by Crippen LogP contribution is 2.33. The van der Waals surface area contributed by atoms with E-state index in [0.29, 0.717) is 33.8 Å². The molecule has 0 unspecified atom stereocenters. The first kappa shape index (κ1) is 18.7. The minimum absolute atomic E-state index is 0.294. The highest BCUT2D eigenvalue weighted by atomic mass is 32.2. The van der Waals surface area contributed by atoms with Gasteiger partial charge >= 0.3 is 0 Å². The quantitative estimate of drug-likeness (QED) is 0.470. The molecule has 0 aliphatic heterocycles. The van der Waals surface area contributed by atoms with E-state index in [4.69, 9.17) is 4.74 Å². The van der Waals surface area contributed by atoms with Gasteiger partial charge in [-0.2, -0.15) is 8.78 Å². The number of carbonyl (C=O) groups excluding carboxylic acids is 1. The van der Waals surface area contributed by atoms with Crippen LogP contribution in [0.3, 0.4) is 0 Å². The van der Waals surface area contributed by atoms with Gasteiger partial charge in [0.25, 0.3) is 11.7 Å². The molecule has 0 aliphatic carbocycles. The molecule has 0 bridgehead atoms. The molecule has 24 heavy (non-hydrogen) atoms. The molecule has 2 aromatic rings. The molecule has 0 aliphatic rings. The predicted octanol–water partition coefficient (Wildman–Crippen LogP) is 5.80. The summed E-state index contributed by atoms with van der Waals surface area (Å²) >= 11 is 1.54. The van der Waals surface area contributed by atoms with Crippen LogP contribution < -0.4 is 10.1 Å². The number of aryl methyl sites for hydroxylation is 1. The zero-order chi connectivity index (χ0) is 17.5. The Labute approximate surface area is 148 Å². The van der Waals surface area contributed by atoms with Crippen molar-refractivity contribution in [2.75, 3.05) is 11.9 Å². The second kappa shape index (κ2) is 9.03. The average molecular weight is 371 g/mol. The van der Waals surface area contributed by atoms with Crippen LogP contribution in [-0.4, -0.2) is 18.3 Å². The van der Waals surface area contributed by atoms with Crippen molar-refractivity contribution in [2.24, 2.45) is 0 Å². The Morgan fingerprint density at radius 1 is 1.38 bits per heavy atom. The summed E-state index contributed by atoms with van der Waals surface area (Å²) < 4.78 is 30.7. The van der Waals surface area contributed by atoms with Gasteiger partial charge in [0.1, 0.15) is 10.6 Å². The topological polar surface area (TPSA) is 38.3 Å². The van der Waals surface area contributed by atoms with Gasteiger partial charge in [-0.3, -0.25) is 4.79 Å². The lowest BCUT2D eigenvalue weighted by Crippen LogP contribution is -2.12. The molecule has 130 valence electrons. The fraction of sp³-hybridized carbons (Fsp3) is 0.353. The third-order valence-electron chi connectivity index (χ3n) is 3.26. The molecule has 0 atom stereocenters. The number of amides is 1. The number of alkyl halides is 2. The van der Waals surface area contributed by atoms with Crippen molar-refractivity contribution in [3.63, 3.8) is 0 Å². The van der Waals surface area contributed by atoms with Crippen molar-refractivity contribution in [2.45, 2.75) is 37.3 Å². The van der Waals surface area contributed by atoms with E-state index in [2.05, 4.69) is 12.2 Å². The summed E-state index contributed by atoms with van der Waals surface area (Å²) in [4.78, 5) is 12.9. The van der Waals surface area contributed by atoms with Crippen LogP contribution in [0.15, 0.2) is 34.5 Å². The van der Waals surface area contributed by atoms with Crippen molar-refractivity contribution in [1.82, 2.24) is 0 Å². The van der Waals surface area contributed by atoms with E-state index in [1.165, 1.54) is 6.07 Å². The second-order valence-corrected chi connectivity index (χ2v) is 7.07. The number of benzene rings is 1. The number of hydrogen-bond donors (Lipinski definition) is 1. The van der Waals surface area contributed by atoms with Crippen LogP contribution in [0.25, 0.3) is 0 Å². The van der Waals surface area contributed by atoms with Crippen LogP contribution in [0.4, 0.5) is 14.5 Å². The Bertz CT molecular complexity index is 689. The number of thioether (sulfide) groups is 1. The highest BCUT2D eigenvalue weighted by Gasteiger charge is 2.18. The minimum Gasteiger partial charge on any atom is -0.494 e. The molecule has 0 radical (unpaired) electrons. The lowest BCUT2D eigenvalue weighted by Gasteiger charge is -2.11. The smallest absolute Gasteiger partial charge is 0.288 e. The number of anilines is 1.